The first kappa shape index (κ1) is 14.7. The molecule has 98 valence electrons. The maximum absolute atomic E-state index is 3.61. The summed E-state index contributed by atoms with van der Waals surface area (Å²) in [6.07, 6.45) is 5.12. The van der Waals surface area contributed by atoms with Crippen molar-refractivity contribution in [3.05, 3.63) is 22.4 Å². The summed E-state index contributed by atoms with van der Waals surface area (Å²) in [5, 5.41) is 8.06. The fraction of sp³-hybridized carbons (Fsp3) is 0.733. The van der Waals surface area contributed by atoms with Crippen LogP contribution in [0.15, 0.2) is 16.8 Å². The number of thiophene rings is 1. The second-order valence-corrected chi connectivity index (χ2v) is 6.82. The molecule has 0 radical (unpaired) electrons. The van der Waals surface area contributed by atoms with E-state index in [0.29, 0.717) is 11.5 Å². The first-order chi connectivity index (χ1) is 8.01. The van der Waals surface area contributed by atoms with Crippen LogP contribution in [0.5, 0.6) is 0 Å². The minimum absolute atomic E-state index is 0.471. The Morgan fingerprint density at radius 1 is 1.35 bits per heavy atom. The molecule has 1 nitrogen and oxygen atoms in total. The van der Waals surface area contributed by atoms with E-state index in [1.807, 2.05) is 0 Å². The van der Waals surface area contributed by atoms with Gasteiger partial charge in [-0.25, -0.2) is 0 Å². The molecule has 1 heterocycles. The van der Waals surface area contributed by atoms with E-state index < -0.39 is 0 Å². The fourth-order valence-corrected chi connectivity index (χ4v) is 2.82. The van der Waals surface area contributed by atoms with Crippen LogP contribution in [-0.4, -0.2) is 12.6 Å². The average molecular weight is 253 g/mol. The van der Waals surface area contributed by atoms with Crippen molar-refractivity contribution in [1.29, 1.82) is 0 Å². The van der Waals surface area contributed by atoms with Crippen LogP contribution >= 0.6 is 11.3 Å². The number of rotatable bonds is 7. The van der Waals surface area contributed by atoms with Gasteiger partial charge in [-0.15, -0.1) is 0 Å². The molecule has 1 N–H and O–H groups in total. The highest BCUT2D eigenvalue weighted by Gasteiger charge is 2.13. The van der Waals surface area contributed by atoms with Gasteiger partial charge < -0.3 is 5.32 Å². The zero-order valence-corrected chi connectivity index (χ0v) is 12.6. The van der Waals surface area contributed by atoms with Gasteiger partial charge in [-0.2, -0.15) is 11.3 Å². The molecule has 2 heteroatoms. The molecular weight excluding hydrogens is 226 g/mol. The Bertz CT molecular complexity index is 284. The van der Waals surface area contributed by atoms with Gasteiger partial charge in [-0.05, 0) is 53.6 Å². The van der Waals surface area contributed by atoms with Crippen LogP contribution in [0.2, 0.25) is 0 Å². The van der Waals surface area contributed by atoms with E-state index in [9.17, 15) is 0 Å². The first-order valence-corrected chi connectivity index (χ1v) is 7.70. The monoisotopic (exact) mass is 253 g/mol. The van der Waals surface area contributed by atoms with Crippen molar-refractivity contribution in [2.75, 3.05) is 6.54 Å². The van der Waals surface area contributed by atoms with Gasteiger partial charge in [-0.1, -0.05) is 34.1 Å². The molecule has 1 aromatic heterocycles. The summed E-state index contributed by atoms with van der Waals surface area (Å²) in [6.45, 7) is 10.3. The van der Waals surface area contributed by atoms with E-state index in [1.165, 1.54) is 31.2 Å². The van der Waals surface area contributed by atoms with Gasteiger partial charge in [0.05, 0.1) is 0 Å². The minimum Gasteiger partial charge on any atom is -0.314 e. The van der Waals surface area contributed by atoms with E-state index in [4.69, 9.17) is 0 Å². The molecule has 0 aliphatic carbocycles. The predicted octanol–water partition coefficient (Wildman–Crippen LogP) is 4.49. The lowest BCUT2D eigenvalue weighted by molar-refractivity contribution is 0.342. The molecule has 0 saturated carbocycles. The SMILES string of the molecule is CCNC(CCCC(C)(C)C)Cc1ccsc1. The summed E-state index contributed by atoms with van der Waals surface area (Å²) >= 11 is 1.80. The summed E-state index contributed by atoms with van der Waals surface area (Å²) in [6, 6.07) is 2.90. The van der Waals surface area contributed by atoms with Crippen LogP contribution in [0.1, 0.15) is 52.5 Å². The van der Waals surface area contributed by atoms with Crippen LogP contribution in [0, 0.1) is 5.41 Å². The number of likely N-dealkylation sites (N-methyl/N-ethyl adjacent to an activating group) is 1. The van der Waals surface area contributed by atoms with Crippen molar-refractivity contribution >= 4 is 11.3 Å². The summed E-state index contributed by atoms with van der Waals surface area (Å²) in [5.41, 5.74) is 1.95. The third kappa shape index (κ3) is 6.85. The van der Waals surface area contributed by atoms with Crippen molar-refractivity contribution in [3.8, 4) is 0 Å². The molecule has 17 heavy (non-hydrogen) atoms. The third-order valence-electron chi connectivity index (χ3n) is 3.03. The average Bonchev–Trinajstić information content (AvgIpc) is 2.68. The Kier molecular flexibility index (Phi) is 6.21. The highest BCUT2D eigenvalue weighted by Crippen LogP contribution is 2.22. The molecule has 0 spiro atoms. The summed E-state index contributed by atoms with van der Waals surface area (Å²) in [4.78, 5) is 0. The van der Waals surface area contributed by atoms with Gasteiger partial charge in [0.1, 0.15) is 0 Å². The quantitative estimate of drug-likeness (QED) is 0.755. The summed E-state index contributed by atoms with van der Waals surface area (Å²) in [5.74, 6) is 0. The molecule has 0 aliphatic rings. The molecular formula is C15H27NS. The lowest BCUT2D eigenvalue weighted by atomic mass is 9.88. The molecule has 1 atom stereocenters. The molecule has 1 aromatic rings. The molecule has 0 aliphatic heterocycles. The van der Waals surface area contributed by atoms with E-state index >= 15 is 0 Å². The summed E-state index contributed by atoms with van der Waals surface area (Å²) < 4.78 is 0. The van der Waals surface area contributed by atoms with Gasteiger partial charge in [-0.3, -0.25) is 0 Å². The highest BCUT2D eigenvalue weighted by atomic mass is 32.1. The van der Waals surface area contributed by atoms with Crippen LogP contribution in [-0.2, 0) is 6.42 Å². The van der Waals surface area contributed by atoms with Crippen LogP contribution in [0.4, 0.5) is 0 Å². The second kappa shape index (κ2) is 7.17. The number of hydrogen-bond acceptors (Lipinski definition) is 2. The van der Waals surface area contributed by atoms with Crippen molar-refractivity contribution in [2.24, 2.45) is 5.41 Å². The largest absolute Gasteiger partial charge is 0.314 e. The van der Waals surface area contributed by atoms with E-state index in [-0.39, 0.29) is 0 Å². The molecule has 0 amide bonds. The lowest BCUT2D eigenvalue weighted by Gasteiger charge is -2.21. The van der Waals surface area contributed by atoms with Gasteiger partial charge in [0.2, 0.25) is 0 Å². The maximum atomic E-state index is 3.61. The predicted molar refractivity (Wildman–Crippen MR) is 78.8 cm³/mol. The maximum Gasteiger partial charge on any atom is 0.0108 e. The van der Waals surface area contributed by atoms with E-state index in [0.717, 1.165) is 6.54 Å². The number of hydrogen-bond donors (Lipinski definition) is 1. The molecule has 0 aromatic carbocycles. The topological polar surface area (TPSA) is 12.0 Å². The third-order valence-corrected chi connectivity index (χ3v) is 3.77. The van der Waals surface area contributed by atoms with Crippen molar-refractivity contribution in [3.63, 3.8) is 0 Å². The summed E-state index contributed by atoms with van der Waals surface area (Å²) in [7, 11) is 0. The molecule has 1 rings (SSSR count). The Morgan fingerprint density at radius 2 is 2.12 bits per heavy atom. The Hall–Kier alpha value is -0.340. The molecule has 0 fully saturated rings. The van der Waals surface area contributed by atoms with Crippen LogP contribution in [0.25, 0.3) is 0 Å². The van der Waals surface area contributed by atoms with Gasteiger partial charge >= 0.3 is 0 Å². The fourth-order valence-electron chi connectivity index (χ4n) is 2.14. The standard InChI is InChI=1S/C15H27NS/c1-5-16-14(7-6-9-15(2,3)4)11-13-8-10-17-12-13/h8,10,12,14,16H,5-7,9,11H2,1-4H3. The van der Waals surface area contributed by atoms with Crippen molar-refractivity contribution in [2.45, 2.75) is 59.4 Å². The second-order valence-electron chi connectivity index (χ2n) is 6.04. The normalized spacial score (nSPS) is 13.9. The Balaban J connectivity index is 2.33. The van der Waals surface area contributed by atoms with Gasteiger partial charge in [0.25, 0.3) is 0 Å². The van der Waals surface area contributed by atoms with Crippen LogP contribution in [0.3, 0.4) is 0 Å². The zero-order chi connectivity index (χ0) is 12.7. The van der Waals surface area contributed by atoms with Crippen molar-refractivity contribution in [1.82, 2.24) is 5.32 Å². The van der Waals surface area contributed by atoms with Crippen LogP contribution < -0.4 is 5.32 Å². The Labute approximate surface area is 111 Å². The first-order valence-electron chi connectivity index (χ1n) is 6.76. The molecule has 0 bridgehead atoms. The smallest absolute Gasteiger partial charge is 0.0108 e. The molecule has 0 saturated heterocycles. The minimum atomic E-state index is 0.471. The zero-order valence-electron chi connectivity index (χ0n) is 11.8. The lowest BCUT2D eigenvalue weighted by Crippen LogP contribution is -2.31. The number of nitrogens with one attached hydrogen (secondary N) is 1. The van der Waals surface area contributed by atoms with Gasteiger partial charge in [0.15, 0.2) is 0 Å². The van der Waals surface area contributed by atoms with Crippen molar-refractivity contribution < 1.29 is 0 Å². The molecule has 1 unspecified atom stereocenters. The van der Waals surface area contributed by atoms with E-state index in [2.05, 4.69) is 49.8 Å². The van der Waals surface area contributed by atoms with E-state index in [1.54, 1.807) is 11.3 Å². The van der Waals surface area contributed by atoms with Gasteiger partial charge in [0, 0.05) is 6.04 Å². The Morgan fingerprint density at radius 3 is 2.65 bits per heavy atom. The highest BCUT2D eigenvalue weighted by molar-refractivity contribution is 7.07.